The van der Waals surface area contributed by atoms with Crippen LogP contribution in [0, 0.1) is 11.8 Å². The van der Waals surface area contributed by atoms with Crippen LogP contribution in [0.15, 0.2) is 0 Å². The molecule has 126 valence electrons. The Morgan fingerprint density at radius 3 is 1.68 bits per heavy atom. The fourth-order valence-electron chi connectivity index (χ4n) is 2.58. The molecular formula is C14H22O6S2. The summed E-state index contributed by atoms with van der Waals surface area (Å²) < 4.78 is 8.70. The standard InChI is InChI=1S/C14H22O6S2/c1-5-8(3)12(17)13(18,9(4)6-2)22-14(21-12)19-10(15)7-11(16)20-14/h8-9,17-18H,5-7H2,1-4H3. The van der Waals surface area contributed by atoms with E-state index in [-0.39, 0.29) is 11.8 Å². The van der Waals surface area contributed by atoms with Crippen LogP contribution < -0.4 is 0 Å². The van der Waals surface area contributed by atoms with Crippen molar-refractivity contribution in [1.82, 2.24) is 0 Å². The molecule has 0 radical (unpaired) electrons. The lowest BCUT2D eigenvalue weighted by molar-refractivity contribution is -0.193. The maximum absolute atomic E-state index is 11.6. The molecule has 1 spiro atoms. The Kier molecular flexibility index (Phi) is 4.79. The van der Waals surface area contributed by atoms with Crippen molar-refractivity contribution >= 4 is 35.5 Å². The van der Waals surface area contributed by atoms with Crippen LogP contribution in [0.2, 0.25) is 0 Å². The molecule has 0 saturated carbocycles. The number of hydrogen-bond acceptors (Lipinski definition) is 8. The molecule has 4 atom stereocenters. The Balaban J connectivity index is 2.44. The van der Waals surface area contributed by atoms with Crippen LogP contribution in [0.25, 0.3) is 0 Å². The van der Waals surface area contributed by atoms with Crippen molar-refractivity contribution in [3.8, 4) is 0 Å². The van der Waals surface area contributed by atoms with Gasteiger partial charge in [-0.2, -0.15) is 0 Å². The molecule has 22 heavy (non-hydrogen) atoms. The summed E-state index contributed by atoms with van der Waals surface area (Å²) in [5.41, 5.74) is 0. The minimum absolute atomic E-state index is 0.289. The number of carbonyl (C=O) groups is 2. The van der Waals surface area contributed by atoms with E-state index in [0.29, 0.717) is 12.8 Å². The van der Waals surface area contributed by atoms with E-state index in [0.717, 1.165) is 23.5 Å². The Bertz CT molecular complexity index is 442. The van der Waals surface area contributed by atoms with Crippen LogP contribution in [0.3, 0.4) is 0 Å². The maximum atomic E-state index is 11.6. The lowest BCUT2D eigenvalue weighted by atomic mass is 9.87. The van der Waals surface area contributed by atoms with Gasteiger partial charge in [0.15, 0.2) is 9.87 Å². The van der Waals surface area contributed by atoms with Gasteiger partial charge in [-0.25, -0.2) is 0 Å². The molecule has 2 saturated heterocycles. The Morgan fingerprint density at radius 2 is 1.36 bits per heavy atom. The smallest absolute Gasteiger partial charge is 0.364 e. The van der Waals surface area contributed by atoms with Crippen molar-refractivity contribution in [3.63, 3.8) is 0 Å². The van der Waals surface area contributed by atoms with Gasteiger partial charge in [-0.1, -0.05) is 27.7 Å². The van der Waals surface area contributed by atoms with E-state index in [1.807, 2.05) is 27.7 Å². The summed E-state index contributed by atoms with van der Waals surface area (Å²) in [6, 6.07) is 0. The molecule has 0 aliphatic carbocycles. The SMILES string of the molecule is CCC(C)C1(O)SC2(OC(=O)CC(=O)O2)SC1(O)C(C)CC. The highest BCUT2D eigenvalue weighted by molar-refractivity contribution is 8.22. The van der Waals surface area contributed by atoms with Gasteiger partial charge >= 0.3 is 16.4 Å². The molecule has 2 aliphatic heterocycles. The van der Waals surface area contributed by atoms with Crippen molar-refractivity contribution in [2.75, 3.05) is 0 Å². The number of rotatable bonds is 4. The third-order valence-electron chi connectivity index (χ3n) is 4.40. The normalized spacial score (nSPS) is 36.8. The zero-order valence-corrected chi connectivity index (χ0v) is 14.8. The average molecular weight is 350 g/mol. The van der Waals surface area contributed by atoms with Crippen LogP contribution in [-0.2, 0) is 19.1 Å². The quantitative estimate of drug-likeness (QED) is 0.588. The largest absolute Gasteiger partial charge is 0.403 e. The first-order chi connectivity index (χ1) is 10.1. The molecule has 0 bridgehead atoms. The second-order valence-corrected chi connectivity index (χ2v) is 8.83. The van der Waals surface area contributed by atoms with E-state index in [4.69, 9.17) is 9.47 Å². The average Bonchev–Trinajstić information content (AvgIpc) is 2.64. The molecule has 0 aromatic carbocycles. The second-order valence-electron chi connectivity index (χ2n) is 5.84. The summed E-state index contributed by atoms with van der Waals surface area (Å²) in [5, 5.41) is 22.4. The molecule has 6 nitrogen and oxygen atoms in total. The van der Waals surface area contributed by atoms with Gasteiger partial charge in [0.25, 0.3) is 0 Å². The summed E-state index contributed by atoms with van der Waals surface area (Å²) in [7, 11) is 0. The minimum atomic E-state index is -1.72. The van der Waals surface area contributed by atoms with E-state index in [2.05, 4.69) is 0 Å². The summed E-state index contributed by atoms with van der Waals surface area (Å²) in [6.07, 6.45) is 0.772. The van der Waals surface area contributed by atoms with Gasteiger partial charge in [-0.05, 0) is 48.2 Å². The zero-order valence-electron chi connectivity index (χ0n) is 13.1. The highest BCUT2D eigenvalue weighted by Crippen LogP contribution is 2.68. The van der Waals surface area contributed by atoms with E-state index in [1.54, 1.807) is 0 Å². The predicted octanol–water partition coefficient (Wildman–Crippen LogP) is 2.04. The van der Waals surface area contributed by atoms with Gasteiger partial charge < -0.3 is 19.7 Å². The number of hydrogen-bond donors (Lipinski definition) is 2. The van der Waals surface area contributed by atoms with Crippen LogP contribution >= 0.6 is 23.5 Å². The second kappa shape index (κ2) is 5.89. The first-order valence-corrected chi connectivity index (χ1v) is 9.04. The van der Waals surface area contributed by atoms with Gasteiger partial charge in [0, 0.05) is 0 Å². The third-order valence-corrected chi connectivity index (χ3v) is 7.91. The zero-order chi connectivity index (χ0) is 16.8. The number of carbonyl (C=O) groups excluding carboxylic acids is 2. The molecule has 2 aliphatic rings. The number of thioether (sulfide) groups is 2. The monoisotopic (exact) mass is 350 g/mol. The lowest BCUT2D eigenvalue weighted by Crippen LogP contribution is -2.54. The summed E-state index contributed by atoms with van der Waals surface area (Å²) in [6.45, 7) is 7.42. The maximum Gasteiger partial charge on any atom is 0.364 e. The first-order valence-electron chi connectivity index (χ1n) is 7.41. The first kappa shape index (κ1) is 17.9. The van der Waals surface area contributed by atoms with Crippen molar-refractivity contribution in [2.24, 2.45) is 11.8 Å². The van der Waals surface area contributed by atoms with Crippen LogP contribution in [0.4, 0.5) is 0 Å². The van der Waals surface area contributed by atoms with E-state index >= 15 is 0 Å². The van der Waals surface area contributed by atoms with E-state index in [1.165, 1.54) is 0 Å². The molecular weight excluding hydrogens is 328 g/mol. The van der Waals surface area contributed by atoms with E-state index < -0.39 is 32.7 Å². The van der Waals surface area contributed by atoms with Gasteiger partial charge in [0.2, 0.25) is 0 Å². The number of aliphatic hydroxyl groups is 2. The van der Waals surface area contributed by atoms with Crippen molar-refractivity contribution in [1.29, 1.82) is 0 Å². The van der Waals surface area contributed by atoms with Crippen LogP contribution in [0.1, 0.15) is 47.0 Å². The van der Waals surface area contributed by atoms with Crippen LogP contribution in [-0.4, -0.2) is 36.5 Å². The summed E-state index contributed by atoms with van der Waals surface area (Å²) >= 11 is 1.62. The van der Waals surface area contributed by atoms with Gasteiger partial charge in [0.1, 0.15) is 6.42 Å². The Labute approximate surface area is 138 Å². The molecule has 0 aromatic heterocycles. The molecule has 0 amide bonds. The fraction of sp³-hybridized carbons (Fsp3) is 0.857. The Morgan fingerprint density at radius 1 is 1.00 bits per heavy atom. The predicted molar refractivity (Wildman–Crippen MR) is 83.5 cm³/mol. The lowest BCUT2D eigenvalue weighted by Gasteiger charge is -2.42. The third kappa shape index (κ3) is 2.64. The summed E-state index contributed by atoms with van der Waals surface area (Å²) in [5.74, 6) is -2.00. The topological polar surface area (TPSA) is 93.1 Å². The molecule has 2 rings (SSSR count). The molecule has 2 N–H and O–H groups in total. The highest BCUT2D eigenvalue weighted by Gasteiger charge is 2.72. The van der Waals surface area contributed by atoms with Gasteiger partial charge in [0.05, 0.1) is 0 Å². The minimum Gasteiger partial charge on any atom is -0.403 e. The molecule has 4 unspecified atom stereocenters. The van der Waals surface area contributed by atoms with Crippen molar-refractivity contribution in [2.45, 2.75) is 61.3 Å². The number of esters is 2. The highest BCUT2D eigenvalue weighted by atomic mass is 32.2. The van der Waals surface area contributed by atoms with Crippen LogP contribution in [0.5, 0.6) is 0 Å². The molecule has 8 heteroatoms. The Hall–Kier alpha value is -0.440. The van der Waals surface area contributed by atoms with Crippen molar-refractivity contribution < 1.29 is 29.3 Å². The molecule has 2 fully saturated rings. The fourth-order valence-corrected chi connectivity index (χ4v) is 6.49. The van der Waals surface area contributed by atoms with Gasteiger partial charge in [-0.15, -0.1) is 0 Å². The molecule has 0 aromatic rings. The number of ether oxygens (including phenoxy) is 2. The van der Waals surface area contributed by atoms with E-state index in [9.17, 15) is 19.8 Å². The molecule has 2 heterocycles. The van der Waals surface area contributed by atoms with Gasteiger partial charge in [-0.3, -0.25) is 9.59 Å². The van der Waals surface area contributed by atoms with Crippen molar-refractivity contribution in [3.05, 3.63) is 0 Å². The summed E-state index contributed by atoms with van der Waals surface area (Å²) in [4.78, 5) is 20.1.